The van der Waals surface area contributed by atoms with Crippen molar-refractivity contribution >= 4 is 23.0 Å². The summed E-state index contributed by atoms with van der Waals surface area (Å²) in [5, 5.41) is 0.999. The molecule has 1 aliphatic carbocycles. The predicted molar refractivity (Wildman–Crippen MR) is 148 cm³/mol. The van der Waals surface area contributed by atoms with Gasteiger partial charge < -0.3 is 14.4 Å². The molecule has 1 aromatic heterocycles. The fraction of sp³-hybridized carbons (Fsp3) is 0.484. The highest BCUT2D eigenvalue weighted by atomic mass is 16.6. The molecule has 3 aromatic rings. The minimum Gasteiger partial charge on any atom is -0.465 e. The summed E-state index contributed by atoms with van der Waals surface area (Å²) in [7, 11) is 5.52. The molecule has 6 heteroatoms. The van der Waals surface area contributed by atoms with Crippen molar-refractivity contribution in [2.45, 2.75) is 70.8 Å². The molecule has 1 fully saturated rings. The standard InChI is InChI=1S/C31H40N2O4/c1-31(2,3)37-30(35)33-26-20-24(29(34)36-6)15-16-25(26)27(22-12-8-7-9-13-22)28(33)23-14-10-11-21(19-23)17-18-32(4)5/h10-11,14-16,19-20,22H,7-9,12-13,17-18H2,1-6H3. The minimum atomic E-state index is -0.663. The summed E-state index contributed by atoms with van der Waals surface area (Å²) in [6.45, 7) is 6.57. The maximum atomic E-state index is 13.8. The monoisotopic (exact) mass is 504 g/mol. The molecule has 0 unspecified atom stereocenters. The van der Waals surface area contributed by atoms with Crippen molar-refractivity contribution in [2.24, 2.45) is 0 Å². The SMILES string of the molecule is COC(=O)c1ccc2c(C3CCCCC3)c(-c3cccc(CCN(C)C)c3)n(C(=O)OC(C)(C)C)c2c1. The number of nitrogens with zero attached hydrogens (tertiary/aromatic N) is 2. The van der Waals surface area contributed by atoms with Crippen LogP contribution in [0.4, 0.5) is 4.79 Å². The fourth-order valence-electron chi connectivity index (χ4n) is 5.37. The van der Waals surface area contributed by atoms with Gasteiger partial charge in [0.2, 0.25) is 0 Å². The molecule has 0 N–H and O–H groups in total. The zero-order valence-corrected chi connectivity index (χ0v) is 23.1. The first-order valence-electron chi connectivity index (χ1n) is 13.3. The molecule has 0 radical (unpaired) electrons. The van der Waals surface area contributed by atoms with Crippen LogP contribution in [0.25, 0.3) is 22.2 Å². The van der Waals surface area contributed by atoms with Crippen LogP contribution in [0.5, 0.6) is 0 Å². The third-order valence-corrected chi connectivity index (χ3v) is 7.07. The van der Waals surface area contributed by atoms with Gasteiger partial charge in [0.25, 0.3) is 0 Å². The summed E-state index contributed by atoms with van der Waals surface area (Å²) in [4.78, 5) is 28.5. The Morgan fingerprint density at radius 3 is 2.41 bits per heavy atom. The smallest absolute Gasteiger partial charge is 0.419 e. The van der Waals surface area contributed by atoms with Crippen LogP contribution in [0.3, 0.4) is 0 Å². The summed E-state index contributed by atoms with van der Waals surface area (Å²) in [6.07, 6.45) is 6.23. The van der Waals surface area contributed by atoms with Crippen molar-refractivity contribution in [1.82, 2.24) is 9.47 Å². The number of esters is 1. The summed E-state index contributed by atoms with van der Waals surface area (Å²) in [5.74, 6) is -0.0883. The first-order valence-corrected chi connectivity index (χ1v) is 13.3. The van der Waals surface area contributed by atoms with E-state index in [4.69, 9.17) is 9.47 Å². The second-order valence-electron chi connectivity index (χ2n) is 11.4. The van der Waals surface area contributed by atoms with Crippen molar-refractivity contribution < 1.29 is 19.1 Å². The van der Waals surface area contributed by atoms with E-state index in [0.717, 1.165) is 42.5 Å². The van der Waals surface area contributed by atoms with Crippen LogP contribution < -0.4 is 0 Å². The Hall–Kier alpha value is -3.12. The van der Waals surface area contributed by atoms with Gasteiger partial charge >= 0.3 is 12.1 Å². The number of fused-ring (bicyclic) bond motifs is 1. The molecule has 0 saturated heterocycles. The number of aromatic nitrogens is 1. The van der Waals surface area contributed by atoms with E-state index in [0.29, 0.717) is 17.0 Å². The summed E-state index contributed by atoms with van der Waals surface area (Å²) in [5.41, 5.74) is 4.72. The van der Waals surface area contributed by atoms with E-state index >= 15 is 0 Å². The molecule has 0 atom stereocenters. The average Bonchev–Trinajstić information content (AvgIpc) is 3.21. The summed E-state index contributed by atoms with van der Waals surface area (Å²) in [6, 6.07) is 14.1. The summed E-state index contributed by atoms with van der Waals surface area (Å²) < 4.78 is 12.6. The maximum absolute atomic E-state index is 13.8. The number of carbonyl (C=O) groups excluding carboxylic acids is 2. The van der Waals surface area contributed by atoms with Crippen LogP contribution in [0, 0.1) is 0 Å². The molecule has 0 aliphatic heterocycles. The number of rotatable bonds is 6. The number of benzene rings is 2. The van der Waals surface area contributed by atoms with Crippen molar-refractivity contribution in [3.63, 3.8) is 0 Å². The molecule has 37 heavy (non-hydrogen) atoms. The number of methoxy groups -OCH3 is 1. The molecule has 0 spiro atoms. The Bertz CT molecular complexity index is 1280. The minimum absolute atomic E-state index is 0.337. The van der Waals surface area contributed by atoms with E-state index in [1.165, 1.54) is 37.5 Å². The third kappa shape index (κ3) is 6.07. The van der Waals surface area contributed by atoms with Gasteiger partial charge in [-0.3, -0.25) is 0 Å². The van der Waals surface area contributed by atoms with Gasteiger partial charge in [0.1, 0.15) is 5.60 Å². The van der Waals surface area contributed by atoms with Gasteiger partial charge in [-0.05, 0) is 94.9 Å². The molecule has 4 rings (SSSR count). The average molecular weight is 505 g/mol. The van der Waals surface area contributed by atoms with Gasteiger partial charge in [-0.15, -0.1) is 0 Å². The Balaban J connectivity index is 2.01. The van der Waals surface area contributed by atoms with Gasteiger partial charge in [-0.2, -0.15) is 0 Å². The number of hydrogen-bond acceptors (Lipinski definition) is 5. The van der Waals surface area contributed by atoms with Crippen molar-refractivity contribution in [3.05, 3.63) is 59.2 Å². The molecule has 1 heterocycles. The Labute approximate surface area is 220 Å². The van der Waals surface area contributed by atoms with Crippen molar-refractivity contribution in [2.75, 3.05) is 27.7 Å². The molecule has 198 valence electrons. The quantitative estimate of drug-likeness (QED) is 0.337. The van der Waals surface area contributed by atoms with Crippen LogP contribution in [-0.4, -0.2) is 54.9 Å². The summed E-state index contributed by atoms with van der Waals surface area (Å²) >= 11 is 0. The molecule has 0 amide bonds. The highest BCUT2D eigenvalue weighted by Crippen LogP contribution is 2.44. The lowest BCUT2D eigenvalue weighted by Crippen LogP contribution is -2.27. The number of carbonyl (C=O) groups is 2. The first-order chi connectivity index (χ1) is 17.6. The van der Waals surface area contributed by atoms with Crippen LogP contribution in [0.1, 0.15) is 80.3 Å². The third-order valence-electron chi connectivity index (χ3n) is 7.07. The Morgan fingerprint density at radius 2 is 1.76 bits per heavy atom. The maximum Gasteiger partial charge on any atom is 0.419 e. The van der Waals surface area contributed by atoms with E-state index in [1.54, 1.807) is 16.7 Å². The van der Waals surface area contributed by atoms with Crippen LogP contribution in [0.15, 0.2) is 42.5 Å². The van der Waals surface area contributed by atoms with E-state index < -0.39 is 17.7 Å². The van der Waals surface area contributed by atoms with Crippen molar-refractivity contribution in [3.8, 4) is 11.3 Å². The number of hydrogen-bond donors (Lipinski definition) is 0. The van der Waals surface area contributed by atoms with Gasteiger partial charge in [0.15, 0.2) is 0 Å². The van der Waals surface area contributed by atoms with Gasteiger partial charge in [-0.25, -0.2) is 14.2 Å². The topological polar surface area (TPSA) is 60.8 Å². The van der Waals surface area contributed by atoms with Gasteiger partial charge in [0, 0.05) is 11.9 Å². The molecule has 1 saturated carbocycles. The Morgan fingerprint density at radius 1 is 1.03 bits per heavy atom. The zero-order valence-electron chi connectivity index (χ0n) is 23.1. The second kappa shape index (κ2) is 11.1. The zero-order chi connectivity index (χ0) is 26.7. The molecule has 6 nitrogen and oxygen atoms in total. The molecule has 1 aliphatic rings. The van der Waals surface area contributed by atoms with Crippen LogP contribution in [-0.2, 0) is 15.9 Å². The lowest BCUT2D eigenvalue weighted by atomic mass is 9.81. The highest BCUT2D eigenvalue weighted by Gasteiger charge is 2.31. The molecule has 2 aromatic carbocycles. The molecule has 0 bridgehead atoms. The van der Waals surface area contributed by atoms with E-state index in [-0.39, 0.29) is 0 Å². The number of likely N-dealkylation sites (N-methyl/N-ethyl adjacent to an activating group) is 1. The van der Waals surface area contributed by atoms with Crippen molar-refractivity contribution in [1.29, 1.82) is 0 Å². The Kier molecular flexibility index (Phi) is 8.08. The lowest BCUT2D eigenvalue weighted by Gasteiger charge is -2.24. The lowest BCUT2D eigenvalue weighted by molar-refractivity contribution is 0.0543. The largest absolute Gasteiger partial charge is 0.465 e. The fourth-order valence-corrected chi connectivity index (χ4v) is 5.37. The van der Waals surface area contributed by atoms with Gasteiger partial charge in [-0.1, -0.05) is 43.5 Å². The van der Waals surface area contributed by atoms with E-state index in [9.17, 15) is 9.59 Å². The van der Waals surface area contributed by atoms with E-state index in [2.05, 4.69) is 43.3 Å². The van der Waals surface area contributed by atoms with Crippen LogP contribution in [0.2, 0.25) is 0 Å². The normalized spacial score (nSPS) is 14.8. The van der Waals surface area contributed by atoms with E-state index in [1.807, 2.05) is 26.8 Å². The number of ether oxygens (including phenoxy) is 2. The molecular formula is C31H40N2O4. The molecular weight excluding hydrogens is 464 g/mol. The highest BCUT2D eigenvalue weighted by molar-refractivity contribution is 6.03. The predicted octanol–water partition coefficient (Wildman–Crippen LogP) is 7.03. The first kappa shape index (κ1) is 26.9. The second-order valence-corrected chi connectivity index (χ2v) is 11.4. The van der Waals surface area contributed by atoms with Gasteiger partial charge in [0.05, 0.1) is 23.9 Å². The van der Waals surface area contributed by atoms with Crippen LogP contribution >= 0.6 is 0 Å².